The van der Waals surface area contributed by atoms with Crippen molar-refractivity contribution in [2.24, 2.45) is 4.99 Å². The SMILES string of the molecule is COc1cc(OC)c(/C=c2/sc3n(c2=O)[C@@H](c2cccs2)C2=C(N=3)c3ccccc3CC2)cc1Br. The van der Waals surface area contributed by atoms with Crippen LogP contribution in [0.1, 0.15) is 34.0 Å². The van der Waals surface area contributed by atoms with Gasteiger partial charge in [0.1, 0.15) is 11.5 Å². The summed E-state index contributed by atoms with van der Waals surface area (Å²) >= 11 is 6.65. The molecule has 0 spiro atoms. The fourth-order valence-corrected chi connectivity index (χ4v) is 7.22. The van der Waals surface area contributed by atoms with Gasteiger partial charge in [0.15, 0.2) is 4.80 Å². The first-order chi connectivity index (χ1) is 17.1. The number of benzene rings is 2. The van der Waals surface area contributed by atoms with Crippen molar-refractivity contribution in [3.05, 3.63) is 105 Å². The number of hydrogen-bond acceptors (Lipinski definition) is 6. The number of nitrogens with zero attached hydrogens (tertiary/aromatic N) is 2. The lowest BCUT2D eigenvalue weighted by molar-refractivity contribution is 0.392. The predicted molar refractivity (Wildman–Crippen MR) is 144 cm³/mol. The van der Waals surface area contributed by atoms with Crippen molar-refractivity contribution in [2.45, 2.75) is 18.9 Å². The zero-order valence-electron chi connectivity index (χ0n) is 19.1. The van der Waals surface area contributed by atoms with E-state index >= 15 is 0 Å². The third-order valence-electron chi connectivity index (χ3n) is 6.48. The molecular weight excluding hydrogens is 544 g/mol. The quantitative estimate of drug-likeness (QED) is 0.344. The summed E-state index contributed by atoms with van der Waals surface area (Å²) in [7, 11) is 3.23. The van der Waals surface area contributed by atoms with Crippen molar-refractivity contribution in [1.29, 1.82) is 0 Å². The number of allylic oxidation sites excluding steroid dienone is 1. The number of ether oxygens (including phenoxy) is 2. The van der Waals surface area contributed by atoms with Gasteiger partial charge < -0.3 is 9.47 Å². The zero-order chi connectivity index (χ0) is 24.1. The molecule has 2 aromatic carbocycles. The van der Waals surface area contributed by atoms with Crippen LogP contribution in [0.15, 0.2) is 73.7 Å². The largest absolute Gasteiger partial charge is 0.496 e. The van der Waals surface area contributed by atoms with Crippen molar-refractivity contribution >= 4 is 50.4 Å². The van der Waals surface area contributed by atoms with Crippen LogP contribution in [0.2, 0.25) is 0 Å². The number of aromatic nitrogens is 1. The molecule has 0 saturated heterocycles. The molecule has 176 valence electrons. The van der Waals surface area contributed by atoms with Gasteiger partial charge in [0.05, 0.1) is 35.0 Å². The fourth-order valence-electron chi connectivity index (χ4n) is 4.86. The van der Waals surface area contributed by atoms with Gasteiger partial charge in [0.2, 0.25) is 0 Å². The standard InChI is InChI=1S/C27H21BrN2O3S2/c1-32-20-14-21(33-2)19(28)12-16(20)13-23-26(31)30-25(22-8-5-11-34-22)18-10-9-15-6-3-4-7-17(15)24(18)29-27(30)35-23/h3-8,11-14,25H,9-10H2,1-2H3/b23-13+/t25-/m1/s1. The highest BCUT2D eigenvalue weighted by molar-refractivity contribution is 9.10. The van der Waals surface area contributed by atoms with E-state index in [2.05, 4.69) is 51.6 Å². The van der Waals surface area contributed by atoms with Gasteiger partial charge in [-0.25, -0.2) is 4.99 Å². The lowest BCUT2D eigenvalue weighted by atomic mass is 9.85. The van der Waals surface area contributed by atoms with Gasteiger partial charge in [-0.3, -0.25) is 9.36 Å². The van der Waals surface area contributed by atoms with Crippen LogP contribution < -0.4 is 24.4 Å². The molecule has 8 heteroatoms. The van der Waals surface area contributed by atoms with Gasteiger partial charge in [-0.1, -0.05) is 41.7 Å². The Morgan fingerprint density at radius 3 is 2.69 bits per heavy atom. The van der Waals surface area contributed by atoms with E-state index in [1.807, 2.05) is 28.8 Å². The van der Waals surface area contributed by atoms with E-state index in [1.165, 1.54) is 28.0 Å². The number of aryl methyl sites for hydroxylation is 1. The molecule has 0 N–H and O–H groups in total. The number of methoxy groups -OCH3 is 2. The summed E-state index contributed by atoms with van der Waals surface area (Å²) in [6, 6.07) is 16.2. The molecule has 5 nitrogen and oxygen atoms in total. The molecule has 1 atom stereocenters. The fraction of sp³-hybridized carbons (Fsp3) is 0.185. The van der Waals surface area contributed by atoms with Crippen LogP contribution >= 0.6 is 38.6 Å². The average Bonchev–Trinajstić information content (AvgIpc) is 3.51. The summed E-state index contributed by atoms with van der Waals surface area (Å²) in [5, 5.41) is 2.07. The summed E-state index contributed by atoms with van der Waals surface area (Å²) < 4.78 is 14.3. The van der Waals surface area contributed by atoms with Crippen molar-refractivity contribution < 1.29 is 9.47 Å². The molecule has 1 aliphatic heterocycles. The second-order valence-electron chi connectivity index (χ2n) is 8.36. The summed E-state index contributed by atoms with van der Waals surface area (Å²) in [5.41, 5.74) is 5.48. The Morgan fingerprint density at radius 2 is 1.91 bits per heavy atom. The van der Waals surface area contributed by atoms with Crippen LogP contribution in [-0.4, -0.2) is 18.8 Å². The molecule has 0 fully saturated rings. The predicted octanol–water partition coefficient (Wildman–Crippen LogP) is 5.16. The summed E-state index contributed by atoms with van der Waals surface area (Å²) in [6.07, 6.45) is 3.73. The third kappa shape index (κ3) is 3.71. The van der Waals surface area contributed by atoms with E-state index in [9.17, 15) is 4.79 Å². The number of fused-ring (bicyclic) bond motifs is 3. The summed E-state index contributed by atoms with van der Waals surface area (Å²) in [4.78, 5) is 20.8. The van der Waals surface area contributed by atoms with Crippen LogP contribution in [0, 0.1) is 0 Å². The van der Waals surface area contributed by atoms with E-state index < -0.39 is 0 Å². The molecule has 35 heavy (non-hydrogen) atoms. The Bertz CT molecular complexity index is 1670. The molecule has 0 bridgehead atoms. The lowest BCUT2D eigenvalue weighted by Gasteiger charge is -2.30. The van der Waals surface area contributed by atoms with Gasteiger partial charge in [0, 0.05) is 22.1 Å². The molecule has 2 aromatic heterocycles. The van der Waals surface area contributed by atoms with Crippen LogP contribution in [0.5, 0.6) is 11.5 Å². The molecular formula is C27H21BrN2O3S2. The van der Waals surface area contributed by atoms with Gasteiger partial charge in [-0.15, -0.1) is 11.3 Å². The highest BCUT2D eigenvalue weighted by Gasteiger charge is 2.33. The minimum atomic E-state index is -0.138. The Hall–Kier alpha value is -2.94. The zero-order valence-corrected chi connectivity index (χ0v) is 22.3. The number of thiophene rings is 1. The molecule has 4 aromatic rings. The molecule has 1 aliphatic carbocycles. The van der Waals surface area contributed by atoms with Gasteiger partial charge in [-0.05, 0) is 63.5 Å². The van der Waals surface area contributed by atoms with Crippen molar-refractivity contribution in [3.63, 3.8) is 0 Å². The van der Waals surface area contributed by atoms with Gasteiger partial charge in [0.25, 0.3) is 5.56 Å². The van der Waals surface area contributed by atoms with E-state index in [0.717, 1.165) is 38.3 Å². The van der Waals surface area contributed by atoms with Gasteiger partial charge in [-0.2, -0.15) is 0 Å². The molecule has 6 rings (SSSR count). The molecule has 0 saturated carbocycles. The second-order valence-corrected chi connectivity index (χ2v) is 11.2. The van der Waals surface area contributed by atoms with E-state index in [4.69, 9.17) is 14.5 Å². The van der Waals surface area contributed by atoms with Crippen LogP contribution in [0.3, 0.4) is 0 Å². The maximum Gasteiger partial charge on any atom is 0.271 e. The third-order valence-corrected chi connectivity index (χ3v) is 9.00. The minimum absolute atomic E-state index is 0.0356. The van der Waals surface area contributed by atoms with Crippen LogP contribution in [0.4, 0.5) is 0 Å². The molecule has 3 heterocycles. The summed E-state index contributed by atoms with van der Waals surface area (Å²) in [6.45, 7) is 0. The van der Waals surface area contributed by atoms with Crippen molar-refractivity contribution in [3.8, 4) is 11.5 Å². The van der Waals surface area contributed by atoms with Crippen molar-refractivity contribution in [1.82, 2.24) is 4.57 Å². The van der Waals surface area contributed by atoms with Crippen LogP contribution in [0.25, 0.3) is 11.8 Å². The maximum atomic E-state index is 13.8. The second kappa shape index (κ2) is 8.93. The van der Waals surface area contributed by atoms with Crippen molar-refractivity contribution in [2.75, 3.05) is 14.2 Å². The highest BCUT2D eigenvalue weighted by Crippen LogP contribution is 2.42. The molecule has 0 unspecified atom stereocenters. The number of thiazole rings is 1. The first-order valence-corrected chi connectivity index (χ1v) is 13.7. The lowest BCUT2D eigenvalue weighted by Crippen LogP contribution is -2.38. The van der Waals surface area contributed by atoms with Crippen LogP contribution in [-0.2, 0) is 6.42 Å². The first-order valence-electron chi connectivity index (χ1n) is 11.2. The van der Waals surface area contributed by atoms with E-state index in [0.29, 0.717) is 16.0 Å². The number of rotatable bonds is 4. The summed E-state index contributed by atoms with van der Waals surface area (Å²) in [5.74, 6) is 1.31. The van der Waals surface area contributed by atoms with Gasteiger partial charge >= 0.3 is 0 Å². The van der Waals surface area contributed by atoms with E-state index in [1.54, 1.807) is 25.6 Å². The molecule has 0 radical (unpaired) electrons. The topological polar surface area (TPSA) is 52.8 Å². The first kappa shape index (κ1) is 22.5. The molecule has 0 amide bonds. The number of halogens is 1. The normalized spacial score (nSPS) is 16.9. The monoisotopic (exact) mass is 564 g/mol. The smallest absolute Gasteiger partial charge is 0.271 e. The van der Waals surface area contributed by atoms with E-state index in [-0.39, 0.29) is 11.6 Å². The Labute approximate surface area is 218 Å². The highest BCUT2D eigenvalue weighted by atomic mass is 79.9. The average molecular weight is 566 g/mol. The Morgan fingerprint density at radius 1 is 1.09 bits per heavy atom. The maximum absolute atomic E-state index is 13.8. The minimum Gasteiger partial charge on any atom is -0.496 e. The molecule has 2 aliphatic rings. The Kier molecular flexibility index (Phi) is 5.75. The Balaban J connectivity index is 1.60. The number of hydrogen-bond donors (Lipinski definition) is 0.